The first-order valence-corrected chi connectivity index (χ1v) is 10.1. The molecule has 0 radical (unpaired) electrons. The smallest absolute Gasteiger partial charge is 0.338 e. The third-order valence-electron chi connectivity index (χ3n) is 4.69. The van der Waals surface area contributed by atoms with E-state index < -0.39 is 12.0 Å². The molecule has 0 aliphatic carbocycles. The highest BCUT2D eigenvalue weighted by molar-refractivity contribution is 7.07. The summed E-state index contributed by atoms with van der Waals surface area (Å²) in [6.45, 7) is 1.76. The van der Waals surface area contributed by atoms with Gasteiger partial charge in [0.25, 0.3) is 5.56 Å². The third-order valence-corrected chi connectivity index (χ3v) is 5.91. The van der Waals surface area contributed by atoms with Gasteiger partial charge in [-0.1, -0.05) is 65.4 Å². The van der Waals surface area contributed by atoms with Crippen molar-refractivity contribution in [3.8, 4) is 0 Å². The molecule has 0 saturated carbocycles. The van der Waals surface area contributed by atoms with Gasteiger partial charge in [-0.3, -0.25) is 9.36 Å². The largest absolute Gasteiger partial charge is 0.466 e. The van der Waals surface area contributed by atoms with Gasteiger partial charge < -0.3 is 4.74 Å². The van der Waals surface area contributed by atoms with Crippen LogP contribution in [0.5, 0.6) is 0 Å². The number of carbonyl (C=O) groups is 1. The summed E-state index contributed by atoms with van der Waals surface area (Å²) >= 11 is 7.35. The number of ether oxygens (including phenoxy) is 1. The molecule has 0 fully saturated rings. The number of carbonyl (C=O) groups excluding carboxylic acids is 1. The Bertz CT molecular complexity index is 1310. The Morgan fingerprint density at radius 3 is 2.66 bits per heavy atom. The summed E-state index contributed by atoms with van der Waals surface area (Å²) in [5.41, 5.74) is 2.33. The number of aromatic nitrogens is 1. The third kappa shape index (κ3) is 3.57. The highest BCUT2D eigenvalue weighted by Crippen LogP contribution is 2.30. The number of hydrogen-bond acceptors (Lipinski definition) is 5. The van der Waals surface area contributed by atoms with Crippen molar-refractivity contribution in [3.05, 3.63) is 102 Å². The van der Waals surface area contributed by atoms with Crippen LogP contribution < -0.4 is 14.9 Å². The minimum Gasteiger partial charge on any atom is -0.466 e. The van der Waals surface area contributed by atoms with E-state index in [1.54, 1.807) is 29.7 Å². The Balaban J connectivity index is 1.98. The number of rotatable bonds is 3. The SMILES string of the molecule is COC(=O)C1=C(C)N=c2s/c(=C/c3cccc(Cl)c3)c(=O)n2C1c1ccccc1. The predicted octanol–water partition coefficient (Wildman–Crippen LogP) is 3.06. The topological polar surface area (TPSA) is 60.7 Å². The van der Waals surface area contributed by atoms with Crippen LogP contribution >= 0.6 is 22.9 Å². The quantitative estimate of drug-likeness (QED) is 0.607. The molecule has 5 nitrogen and oxygen atoms in total. The Morgan fingerprint density at radius 2 is 1.97 bits per heavy atom. The van der Waals surface area contributed by atoms with E-state index in [9.17, 15) is 9.59 Å². The lowest BCUT2D eigenvalue weighted by molar-refractivity contribution is -0.136. The second kappa shape index (κ2) is 7.81. The van der Waals surface area contributed by atoms with Crippen molar-refractivity contribution in [2.45, 2.75) is 13.0 Å². The zero-order chi connectivity index (χ0) is 20.5. The van der Waals surface area contributed by atoms with E-state index in [-0.39, 0.29) is 5.56 Å². The van der Waals surface area contributed by atoms with Crippen LogP contribution in [0, 0.1) is 0 Å². The zero-order valence-corrected chi connectivity index (χ0v) is 17.3. The number of hydrogen-bond donors (Lipinski definition) is 0. The molecular formula is C22H17ClN2O3S. The van der Waals surface area contributed by atoms with Crippen molar-refractivity contribution >= 4 is 35.0 Å². The van der Waals surface area contributed by atoms with E-state index in [1.165, 1.54) is 18.4 Å². The summed E-state index contributed by atoms with van der Waals surface area (Å²) in [5.74, 6) is -0.496. The molecule has 1 aromatic heterocycles. The molecule has 0 bridgehead atoms. The summed E-state index contributed by atoms with van der Waals surface area (Å²) in [5, 5.41) is 0.595. The maximum atomic E-state index is 13.3. The van der Waals surface area contributed by atoms with Gasteiger partial charge in [-0.25, -0.2) is 9.79 Å². The Labute approximate surface area is 175 Å². The van der Waals surface area contributed by atoms with E-state index in [0.29, 0.717) is 25.6 Å². The van der Waals surface area contributed by atoms with E-state index in [4.69, 9.17) is 16.3 Å². The van der Waals surface area contributed by atoms with Crippen LogP contribution in [-0.4, -0.2) is 17.6 Å². The maximum absolute atomic E-state index is 13.3. The lowest BCUT2D eigenvalue weighted by Gasteiger charge is -2.24. The first-order chi connectivity index (χ1) is 14.0. The number of thiazole rings is 1. The molecule has 2 heterocycles. The average Bonchev–Trinajstić information content (AvgIpc) is 3.02. The molecule has 0 amide bonds. The van der Waals surface area contributed by atoms with Gasteiger partial charge in [0.15, 0.2) is 4.80 Å². The molecular weight excluding hydrogens is 408 g/mol. The second-order valence-electron chi connectivity index (χ2n) is 6.54. The minimum absolute atomic E-state index is 0.212. The van der Waals surface area contributed by atoms with E-state index >= 15 is 0 Å². The molecule has 7 heteroatoms. The summed E-state index contributed by atoms with van der Waals surface area (Å²) < 4.78 is 7.08. The van der Waals surface area contributed by atoms with Crippen LogP contribution in [0.1, 0.15) is 24.1 Å². The van der Waals surface area contributed by atoms with Crippen LogP contribution in [0.2, 0.25) is 5.02 Å². The van der Waals surface area contributed by atoms with Crippen molar-refractivity contribution in [1.29, 1.82) is 0 Å². The maximum Gasteiger partial charge on any atom is 0.338 e. The first kappa shape index (κ1) is 19.4. The molecule has 1 unspecified atom stereocenters. The van der Waals surface area contributed by atoms with E-state index in [0.717, 1.165) is 11.1 Å². The Kier molecular flexibility index (Phi) is 5.22. The average molecular weight is 425 g/mol. The fraction of sp³-hybridized carbons (Fsp3) is 0.136. The van der Waals surface area contributed by atoms with Gasteiger partial charge >= 0.3 is 5.97 Å². The molecule has 3 aromatic rings. The molecule has 29 heavy (non-hydrogen) atoms. The summed E-state index contributed by atoms with van der Waals surface area (Å²) in [6, 6.07) is 16.1. The second-order valence-corrected chi connectivity index (χ2v) is 7.98. The van der Waals surface area contributed by atoms with Gasteiger partial charge in [-0.05, 0) is 36.3 Å². The number of methoxy groups -OCH3 is 1. The number of benzene rings is 2. The number of halogens is 1. The van der Waals surface area contributed by atoms with Crippen LogP contribution in [0.3, 0.4) is 0 Å². The summed E-state index contributed by atoms with van der Waals surface area (Å²) in [7, 11) is 1.33. The van der Waals surface area contributed by atoms with Crippen LogP contribution in [0.4, 0.5) is 0 Å². The van der Waals surface area contributed by atoms with Gasteiger partial charge in [-0.2, -0.15) is 0 Å². The van der Waals surface area contributed by atoms with Crippen LogP contribution in [0.25, 0.3) is 6.08 Å². The molecule has 4 rings (SSSR count). The van der Waals surface area contributed by atoms with E-state index in [2.05, 4.69) is 4.99 Å². The molecule has 0 N–H and O–H groups in total. The fourth-order valence-electron chi connectivity index (χ4n) is 3.39. The monoisotopic (exact) mass is 424 g/mol. The minimum atomic E-state index is -0.596. The molecule has 1 atom stereocenters. The van der Waals surface area contributed by atoms with Gasteiger partial charge in [-0.15, -0.1) is 0 Å². The van der Waals surface area contributed by atoms with E-state index in [1.807, 2.05) is 42.5 Å². The molecule has 0 saturated heterocycles. The number of esters is 1. The molecule has 146 valence electrons. The normalized spacial score (nSPS) is 16.4. The first-order valence-electron chi connectivity index (χ1n) is 8.91. The van der Waals surface area contributed by atoms with Crippen LogP contribution in [-0.2, 0) is 9.53 Å². The van der Waals surface area contributed by atoms with Crippen LogP contribution in [0.15, 0.2) is 75.7 Å². The Morgan fingerprint density at radius 1 is 1.21 bits per heavy atom. The Hall–Kier alpha value is -2.96. The lowest BCUT2D eigenvalue weighted by Crippen LogP contribution is -2.39. The standard InChI is InChI=1S/C22H17ClN2O3S/c1-13-18(21(27)28-2)19(15-8-4-3-5-9-15)25-20(26)17(29-22(25)24-13)12-14-7-6-10-16(23)11-14/h3-12,19H,1-2H3/b17-12+. The lowest BCUT2D eigenvalue weighted by atomic mass is 9.96. The predicted molar refractivity (Wildman–Crippen MR) is 114 cm³/mol. The van der Waals surface area contributed by atoms with Gasteiger partial charge in [0.05, 0.1) is 29.0 Å². The highest BCUT2D eigenvalue weighted by Gasteiger charge is 2.32. The summed E-state index contributed by atoms with van der Waals surface area (Å²) in [4.78, 5) is 30.9. The number of nitrogens with zero attached hydrogens (tertiary/aromatic N) is 2. The molecule has 2 aromatic carbocycles. The van der Waals surface area contributed by atoms with Crippen molar-refractivity contribution in [2.75, 3.05) is 7.11 Å². The fourth-order valence-corrected chi connectivity index (χ4v) is 4.64. The van der Waals surface area contributed by atoms with Crippen molar-refractivity contribution in [1.82, 2.24) is 4.57 Å². The molecule has 1 aliphatic rings. The van der Waals surface area contributed by atoms with Gasteiger partial charge in [0.2, 0.25) is 0 Å². The van der Waals surface area contributed by atoms with Crippen molar-refractivity contribution in [3.63, 3.8) is 0 Å². The zero-order valence-electron chi connectivity index (χ0n) is 15.8. The van der Waals surface area contributed by atoms with Gasteiger partial charge in [0.1, 0.15) is 0 Å². The number of allylic oxidation sites excluding steroid dienone is 1. The highest BCUT2D eigenvalue weighted by atomic mass is 35.5. The summed E-state index contributed by atoms with van der Waals surface area (Å²) in [6.07, 6.45) is 1.79. The molecule has 0 spiro atoms. The van der Waals surface area contributed by atoms with Crippen molar-refractivity contribution in [2.24, 2.45) is 4.99 Å². The molecule has 1 aliphatic heterocycles. The van der Waals surface area contributed by atoms with Crippen molar-refractivity contribution < 1.29 is 9.53 Å². The number of fused-ring (bicyclic) bond motifs is 1. The van der Waals surface area contributed by atoms with Gasteiger partial charge in [0, 0.05) is 5.02 Å².